The first-order chi connectivity index (χ1) is 12.1. The van der Waals surface area contributed by atoms with Gasteiger partial charge in [0.15, 0.2) is 11.5 Å². The van der Waals surface area contributed by atoms with E-state index in [2.05, 4.69) is 0 Å². The fourth-order valence-electron chi connectivity index (χ4n) is 3.54. The van der Waals surface area contributed by atoms with Crippen molar-refractivity contribution in [2.24, 2.45) is 0 Å². The number of hydrogen-bond donors (Lipinski definition) is 0. The summed E-state index contributed by atoms with van der Waals surface area (Å²) in [6.07, 6.45) is 1.61. The molecule has 2 aromatic carbocycles. The number of halogens is 1. The largest absolute Gasteiger partial charge is 0.490 e. The highest BCUT2D eigenvalue weighted by molar-refractivity contribution is 5.94. The van der Waals surface area contributed by atoms with Crippen molar-refractivity contribution in [3.63, 3.8) is 0 Å². The van der Waals surface area contributed by atoms with Gasteiger partial charge in [-0.2, -0.15) is 0 Å². The molecule has 2 aliphatic rings. The summed E-state index contributed by atoms with van der Waals surface area (Å²) >= 11 is 0. The average Bonchev–Trinajstić information content (AvgIpc) is 2.85. The van der Waals surface area contributed by atoms with Crippen LogP contribution in [0.15, 0.2) is 36.4 Å². The number of benzene rings is 2. The Balaban J connectivity index is 1.65. The molecule has 0 fully saturated rings. The lowest BCUT2D eigenvalue weighted by atomic mass is 9.92. The number of carbonyl (C=O) groups is 1. The molecular formula is C20H20FNO3. The summed E-state index contributed by atoms with van der Waals surface area (Å²) in [5.41, 5.74) is 2.63. The van der Waals surface area contributed by atoms with E-state index >= 15 is 0 Å². The van der Waals surface area contributed by atoms with Gasteiger partial charge in [0.25, 0.3) is 5.91 Å². The Hall–Kier alpha value is -2.56. The number of fused-ring (bicyclic) bond motifs is 2. The van der Waals surface area contributed by atoms with Gasteiger partial charge in [-0.25, -0.2) is 4.39 Å². The zero-order valence-corrected chi connectivity index (χ0v) is 14.1. The van der Waals surface area contributed by atoms with Crippen LogP contribution >= 0.6 is 0 Å². The minimum absolute atomic E-state index is 0.100. The van der Waals surface area contributed by atoms with Gasteiger partial charge in [-0.15, -0.1) is 0 Å². The van der Waals surface area contributed by atoms with Crippen molar-refractivity contribution in [2.75, 3.05) is 19.8 Å². The molecule has 2 heterocycles. The van der Waals surface area contributed by atoms with Crippen LogP contribution in [0.25, 0.3) is 0 Å². The SMILES string of the molecule is C[C@H]1c2cc3c(cc2CCN1C(=O)c1cccc(F)c1)OCCCO3. The quantitative estimate of drug-likeness (QED) is 0.793. The maximum absolute atomic E-state index is 13.5. The molecule has 0 N–H and O–H groups in total. The van der Waals surface area contributed by atoms with E-state index in [1.165, 1.54) is 17.7 Å². The van der Waals surface area contributed by atoms with Crippen molar-refractivity contribution >= 4 is 5.91 Å². The zero-order valence-electron chi connectivity index (χ0n) is 14.1. The van der Waals surface area contributed by atoms with Crippen molar-refractivity contribution in [1.29, 1.82) is 0 Å². The lowest BCUT2D eigenvalue weighted by molar-refractivity contribution is 0.0676. The van der Waals surface area contributed by atoms with Crippen LogP contribution in [0.2, 0.25) is 0 Å². The molecule has 0 bridgehead atoms. The summed E-state index contributed by atoms with van der Waals surface area (Å²) in [6, 6.07) is 9.79. The first kappa shape index (κ1) is 15.9. The molecule has 0 unspecified atom stereocenters. The fraction of sp³-hybridized carbons (Fsp3) is 0.350. The van der Waals surface area contributed by atoms with Crippen LogP contribution in [-0.2, 0) is 6.42 Å². The molecule has 0 aromatic heterocycles. The fourth-order valence-corrected chi connectivity index (χ4v) is 3.54. The summed E-state index contributed by atoms with van der Waals surface area (Å²) in [6.45, 7) is 3.89. The van der Waals surface area contributed by atoms with E-state index in [1.54, 1.807) is 17.0 Å². The predicted molar refractivity (Wildman–Crippen MR) is 91.6 cm³/mol. The Kier molecular flexibility index (Phi) is 4.07. The first-order valence-electron chi connectivity index (χ1n) is 8.62. The highest BCUT2D eigenvalue weighted by Crippen LogP contribution is 2.39. The average molecular weight is 341 g/mol. The van der Waals surface area contributed by atoms with E-state index in [4.69, 9.17) is 9.47 Å². The highest BCUT2D eigenvalue weighted by Gasteiger charge is 2.30. The summed E-state index contributed by atoms with van der Waals surface area (Å²) in [4.78, 5) is 14.6. The number of carbonyl (C=O) groups excluding carboxylic acids is 1. The van der Waals surface area contributed by atoms with Gasteiger partial charge in [-0.1, -0.05) is 6.07 Å². The summed E-state index contributed by atoms with van der Waals surface area (Å²) in [7, 11) is 0. The van der Waals surface area contributed by atoms with Gasteiger partial charge < -0.3 is 14.4 Å². The number of rotatable bonds is 1. The second kappa shape index (κ2) is 6.39. The van der Waals surface area contributed by atoms with Gasteiger partial charge in [-0.3, -0.25) is 4.79 Å². The second-order valence-corrected chi connectivity index (χ2v) is 6.48. The third-order valence-electron chi connectivity index (χ3n) is 4.88. The molecule has 4 nitrogen and oxygen atoms in total. The van der Waals surface area contributed by atoms with E-state index in [9.17, 15) is 9.18 Å². The molecule has 4 rings (SSSR count). The molecule has 0 spiro atoms. The van der Waals surface area contributed by atoms with Gasteiger partial charge in [0.1, 0.15) is 5.82 Å². The molecule has 2 aromatic rings. The standard InChI is InChI=1S/C20H20FNO3/c1-13-17-12-19-18(24-8-3-9-25-19)11-14(17)6-7-22(13)20(23)15-4-2-5-16(21)10-15/h2,4-5,10-13H,3,6-9H2,1H3/t13-/m0/s1. The Morgan fingerprint density at radius 1 is 1.16 bits per heavy atom. The molecule has 0 saturated carbocycles. The second-order valence-electron chi connectivity index (χ2n) is 6.48. The van der Waals surface area contributed by atoms with Crippen molar-refractivity contribution in [1.82, 2.24) is 4.90 Å². The smallest absolute Gasteiger partial charge is 0.254 e. The third kappa shape index (κ3) is 2.95. The molecule has 0 aliphatic carbocycles. The topological polar surface area (TPSA) is 38.8 Å². The number of ether oxygens (including phenoxy) is 2. The van der Waals surface area contributed by atoms with Crippen LogP contribution in [-0.4, -0.2) is 30.6 Å². The summed E-state index contributed by atoms with van der Waals surface area (Å²) < 4.78 is 25.0. The van der Waals surface area contributed by atoms with Crippen LogP contribution < -0.4 is 9.47 Å². The maximum atomic E-state index is 13.5. The number of amides is 1. The van der Waals surface area contributed by atoms with Gasteiger partial charge in [0, 0.05) is 18.5 Å². The molecule has 130 valence electrons. The van der Waals surface area contributed by atoms with Gasteiger partial charge >= 0.3 is 0 Å². The Bertz CT molecular complexity index is 821. The van der Waals surface area contributed by atoms with Gasteiger partial charge in [0.05, 0.1) is 19.3 Å². The normalized spacial score (nSPS) is 19.1. The summed E-state index contributed by atoms with van der Waals surface area (Å²) in [5.74, 6) is 0.980. The Morgan fingerprint density at radius 2 is 1.92 bits per heavy atom. The van der Waals surface area contributed by atoms with E-state index in [1.807, 2.05) is 19.1 Å². The van der Waals surface area contributed by atoms with Gasteiger partial charge in [-0.05, 0) is 54.8 Å². The van der Waals surface area contributed by atoms with Crippen molar-refractivity contribution < 1.29 is 18.7 Å². The van der Waals surface area contributed by atoms with E-state index in [-0.39, 0.29) is 11.9 Å². The third-order valence-corrected chi connectivity index (χ3v) is 4.88. The van der Waals surface area contributed by atoms with Gasteiger partial charge in [0.2, 0.25) is 0 Å². The van der Waals surface area contributed by atoms with Crippen LogP contribution in [0.3, 0.4) is 0 Å². The predicted octanol–water partition coefficient (Wildman–Crippen LogP) is 3.75. The highest BCUT2D eigenvalue weighted by atomic mass is 19.1. The van der Waals surface area contributed by atoms with E-state index < -0.39 is 5.82 Å². The van der Waals surface area contributed by atoms with E-state index in [0.29, 0.717) is 25.3 Å². The lowest BCUT2D eigenvalue weighted by Gasteiger charge is -2.36. The monoisotopic (exact) mass is 341 g/mol. The molecule has 2 aliphatic heterocycles. The molecular weight excluding hydrogens is 321 g/mol. The lowest BCUT2D eigenvalue weighted by Crippen LogP contribution is -2.38. The minimum atomic E-state index is -0.396. The Labute approximate surface area is 146 Å². The van der Waals surface area contributed by atoms with Crippen LogP contribution in [0.4, 0.5) is 4.39 Å². The van der Waals surface area contributed by atoms with E-state index in [0.717, 1.165) is 29.9 Å². The first-order valence-corrected chi connectivity index (χ1v) is 8.62. The molecule has 25 heavy (non-hydrogen) atoms. The molecule has 5 heteroatoms. The van der Waals surface area contributed by atoms with Crippen molar-refractivity contribution in [3.05, 3.63) is 58.9 Å². The van der Waals surface area contributed by atoms with Crippen LogP contribution in [0.5, 0.6) is 11.5 Å². The molecule has 1 amide bonds. The number of nitrogens with zero attached hydrogens (tertiary/aromatic N) is 1. The molecule has 0 saturated heterocycles. The van der Waals surface area contributed by atoms with Crippen LogP contribution in [0.1, 0.15) is 40.9 Å². The summed E-state index contributed by atoms with van der Waals surface area (Å²) in [5, 5.41) is 0. The van der Waals surface area contributed by atoms with Crippen LogP contribution in [0, 0.1) is 5.82 Å². The number of hydrogen-bond acceptors (Lipinski definition) is 3. The zero-order chi connectivity index (χ0) is 17.4. The minimum Gasteiger partial charge on any atom is -0.490 e. The van der Waals surface area contributed by atoms with Crippen molar-refractivity contribution in [3.8, 4) is 11.5 Å². The molecule has 1 atom stereocenters. The maximum Gasteiger partial charge on any atom is 0.254 e. The Morgan fingerprint density at radius 3 is 2.68 bits per heavy atom. The molecule has 0 radical (unpaired) electrons. The van der Waals surface area contributed by atoms with Crippen molar-refractivity contribution in [2.45, 2.75) is 25.8 Å².